The first-order chi connectivity index (χ1) is 13.4. The number of benzene rings is 1. The maximum absolute atomic E-state index is 13.4. The van der Waals surface area contributed by atoms with Crippen LogP contribution in [0.15, 0.2) is 53.7 Å². The Kier molecular flexibility index (Phi) is 4.77. The highest BCUT2D eigenvalue weighted by Crippen LogP contribution is 2.21. The first-order valence-electron chi connectivity index (χ1n) is 8.48. The number of halogens is 2. The number of sulfonamides is 1. The molecule has 0 spiro atoms. The van der Waals surface area contributed by atoms with E-state index in [9.17, 15) is 17.2 Å². The molecule has 0 aliphatic carbocycles. The summed E-state index contributed by atoms with van der Waals surface area (Å²) < 4.78 is 54.9. The molecule has 146 valence electrons. The van der Waals surface area contributed by atoms with Crippen molar-refractivity contribution in [2.45, 2.75) is 4.90 Å². The van der Waals surface area contributed by atoms with Crippen molar-refractivity contribution in [2.75, 3.05) is 31.1 Å². The molecule has 0 saturated carbocycles. The molecule has 11 heteroatoms. The Morgan fingerprint density at radius 1 is 0.893 bits per heavy atom. The lowest BCUT2D eigenvalue weighted by Crippen LogP contribution is -2.49. The normalized spacial score (nSPS) is 15.7. The van der Waals surface area contributed by atoms with Crippen molar-refractivity contribution < 1.29 is 17.2 Å². The van der Waals surface area contributed by atoms with Gasteiger partial charge in [0.05, 0.1) is 4.90 Å². The van der Waals surface area contributed by atoms with Gasteiger partial charge in [-0.25, -0.2) is 21.9 Å². The SMILES string of the molecule is O=S(=O)(c1cc(F)cc(F)c1)N1CCN(c2ccc(-n3cccn3)nn2)CC1. The summed E-state index contributed by atoms with van der Waals surface area (Å²) in [4.78, 5) is 1.51. The third-order valence-corrected chi connectivity index (χ3v) is 6.29. The van der Waals surface area contributed by atoms with Gasteiger partial charge in [0, 0.05) is 44.6 Å². The van der Waals surface area contributed by atoms with Crippen LogP contribution in [0.4, 0.5) is 14.6 Å². The summed E-state index contributed by atoms with van der Waals surface area (Å²) in [7, 11) is -3.97. The molecule has 0 N–H and O–H groups in total. The lowest BCUT2D eigenvalue weighted by molar-refractivity contribution is 0.383. The van der Waals surface area contributed by atoms with Gasteiger partial charge in [0.15, 0.2) is 11.6 Å². The standard InChI is InChI=1S/C17H16F2N6O2S/c18-13-10-14(19)12-15(11-13)28(26,27)24-8-6-23(7-9-24)16-2-3-17(22-21-16)25-5-1-4-20-25/h1-5,10-12H,6-9H2. The maximum Gasteiger partial charge on any atom is 0.243 e. The predicted octanol–water partition coefficient (Wildman–Crippen LogP) is 1.45. The van der Waals surface area contributed by atoms with Crippen LogP contribution in [0, 0.1) is 11.6 Å². The molecule has 1 aliphatic rings. The van der Waals surface area contributed by atoms with Crippen LogP contribution < -0.4 is 4.90 Å². The summed E-state index contributed by atoms with van der Waals surface area (Å²) in [6, 6.07) is 7.63. The van der Waals surface area contributed by atoms with Crippen LogP contribution in [-0.4, -0.2) is 58.9 Å². The molecule has 1 aromatic carbocycles. The molecule has 1 aliphatic heterocycles. The van der Waals surface area contributed by atoms with E-state index in [1.807, 2.05) is 4.90 Å². The van der Waals surface area contributed by atoms with Gasteiger partial charge in [0.25, 0.3) is 0 Å². The summed E-state index contributed by atoms with van der Waals surface area (Å²) in [5, 5.41) is 12.4. The second-order valence-corrected chi connectivity index (χ2v) is 8.13. The van der Waals surface area contributed by atoms with Crippen LogP contribution >= 0.6 is 0 Å². The second kappa shape index (κ2) is 7.24. The highest BCUT2D eigenvalue weighted by Gasteiger charge is 2.29. The zero-order chi connectivity index (χ0) is 19.7. The Labute approximate surface area is 160 Å². The van der Waals surface area contributed by atoms with Gasteiger partial charge in [0.1, 0.15) is 11.6 Å². The summed E-state index contributed by atoms with van der Waals surface area (Å²) >= 11 is 0. The van der Waals surface area contributed by atoms with Crippen LogP contribution in [0.3, 0.4) is 0 Å². The van der Waals surface area contributed by atoms with Crippen LogP contribution in [0.25, 0.3) is 5.82 Å². The molecular weight excluding hydrogens is 390 g/mol. The molecule has 0 unspecified atom stereocenters. The quantitative estimate of drug-likeness (QED) is 0.652. The van der Waals surface area contributed by atoms with Crippen LogP contribution in [0.5, 0.6) is 0 Å². The van der Waals surface area contributed by atoms with E-state index in [2.05, 4.69) is 15.3 Å². The van der Waals surface area contributed by atoms with Gasteiger partial charge in [-0.2, -0.15) is 9.40 Å². The average molecular weight is 406 g/mol. The minimum absolute atomic E-state index is 0.170. The summed E-state index contributed by atoms with van der Waals surface area (Å²) in [5.74, 6) is -0.664. The molecule has 8 nitrogen and oxygen atoms in total. The molecule has 0 amide bonds. The summed E-state index contributed by atoms with van der Waals surface area (Å²) in [6.07, 6.45) is 3.39. The molecular formula is C17H16F2N6O2S. The first kappa shape index (κ1) is 18.4. The monoisotopic (exact) mass is 406 g/mol. The van der Waals surface area contributed by atoms with E-state index in [0.29, 0.717) is 30.8 Å². The van der Waals surface area contributed by atoms with Crippen molar-refractivity contribution >= 4 is 15.8 Å². The van der Waals surface area contributed by atoms with Gasteiger partial charge >= 0.3 is 0 Å². The van der Waals surface area contributed by atoms with E-state index in [1.54, 1.807) is 35.3 Å². The Bertz CT molecular complexity index is 1050. The van der Waals surface area contributed by atoms with Gasteiger partial charge in [0.2, 0.25) is 10.0 Å². The first-order valence-corrected chi connectivity index (χ1v) is 9.92. The van der Waals surface area contributed by atoms with Crippen molar-refractivity contribution in [1.29, 1.82) is 0 Å². The topological polar surface area (TPSA) is 84.2 Å². The fourth-order valence-corrected chi connectivity index (χ4v) is 4.46. The molecule has 3 aromatic rings. The lowest BCUT2D eigenvalue weighted by atomic mass is 10.3. The fourth-order valence-electron chi connectivity index (χ4n) is 3.00. The Morgan fingerprint density at radius 3 is 2.11 bits per heavy atom. The zero-order valence-electron chi connectivity index (χ0n) is 14.6. The molecule has 1 fully saturated rings. The van der Waals surface area contributed by atoms with E-state index >= 15 is 0 Å². The molecule has 0 radical (unpaired) electrons. The van der Waals surface area contributed by atoms with E-state index < -0.39 is 21.7 Å². The van der Waals surface area contributed by atoms with E-state index in [1.165, 1.54) is 4.31 Å². The second-order valence-electron chi connectivity index (χ2n) is 6.20. The summed E-state index contributed by atoms with van der Waals surface area (Å²) in [5.41, 5.74) is 0. The molecule has 0 atom stereocenters. The fraction of sp³-hybridized carbons (Fsp3) is 0.235. The number of anilines is 1. The van der Waals surface area contributed by atoms with Gasteiger partial charge in [-0.3, -0.25) is 0 Å². The summed E-state index contributed by atoms with van der Waals surface area (Å²) in [6.45, 7) is 1.10. The van der Waals surface area contributed by atoms with E-state index in [0.717, 1.165) is 12.1 Å². The van der Waals surface area contributed by atoms with Gasteiger partial charge in [-0.05, 0) is 30.3 Å². The van der Waals surface area contributed by atoms with Crippen LogP contribution in [-0.2, 0) is 10.0 Å². The van der Waals surface area contributed by atoms with Crippen molar-refractivity contribution in [3.05, 3.63) is 60.4 Å². The van der Waals surface area contributed by atoms with E-state index in [-0.39, 0.29) is 18.0 Å². The van der Waals surface area contributed by atoms with Gasteiger partial charge in [-0.15, -0.1) is 10.2 Å². The smallest absolute Gasteiger partial charge is 0.243 e. The number of piperazine rings is 1. The highest BCUT2D eigenvalue weighted by atomic mass is 32.2. The Morgan fingerprint density at radius 2 is 1.54 bits per heavy atom. The number of hydrogen-bond donors (Lipinski definition) is 0. The molecule has 2 aromatic heterocycles. The number of rotatable bonds is 4. The number of hydrogen-bond acceptors (Lipinski definition) is 6. The van der Waals surface area contributed by atoms with Crippen molar-refractivity contribution in [1.82, 2.24) is 24.3 Å². The van der Waals surface area contributed by atoms with Crippen LogP contribution in [0.2, 0.25) is 0 Å². The molecule has 28 heavy (non-hydrogen) atoms. The largest absolute Gasteiger partial charge is 0.352 e. The third-order valence-electron chi connectivity index (χ3n) is 4.41. The molecule has 4 rings (SSSR count). The zero-order valence-corrected chi connectivity index (χ0v) is 15.4. The van der Waals surface area contributed by atoms with Gasteiger partial charge in [-0.1, -0.05) is 0 Å². The average Bonchev–Trinajstić information content (AvgIpc) is 3.22. The van der Waals surface area contributed by atoms with E-state index in [4.69, 9.17) is 0 Å². The Balaban J connectivity index is 1.45. The molecule has 1 saturated heterocycles. The number of aromatic nitrogens is 4. The van der Waals surface area contributed by atoms with Crippen molar-refractivity contribution in [3.8, 4) is 5.82 Å². The maximum atomic E-state index is 13.4. The van der Waals surface area contributed by atoms with Gasteiger partial charge < -0.3 is 4.90 Å². The highest BCUT2D eigenvalue weighted by molar-refractivity contribution is 7.89. The molecule has 3 heterocycles. The minimum Gasteiger partial charge on any atom is -0.352 e. The van der Waals surface area contributed by atoms with Crippen LogP contribution in [0.1, 0.15) is 0 Å². The van der Waals surface area contributed by atoms with Crippen molar-refractivity contribution in [3.63, 3.8) is 0 Å². The lowest BCUT2D eigenvalue weighted by Gasteiger charge is -2.34. The Hall–Kier alpha value is -2.92. The predicted molar refractivity (Wildman–Crippen MR) is 96.5 cm³/mol. The van der Waals surface area contributed by atoms with Crippen molar-refractivity contribution in [2.24, 2.45) is 0 Å². The minimum atomic E-state index is -3.97. The number of nitrogens with zero attached hydrogens (tertiary/aromatic N) is 6. The molecule has 0 bridgehead atoms. The third kappa shape index (κ3) is 3.58.